The van der Waals surface area contributed by atoms with E-state index in [1.165, 1.54) is 6.20 Å². The van der Waals surface area contributed by atoms with Crippen LogP contribution in [0.2, 0.25) is 0 Å². The molecule has 0 saturated carbocycles. The summed E-state index contributed by atoms with van der Waals surface area (Å²) in [5, 5.41) is 14.8. The highest BCUT2D eigenvalue weighted by Gasteiger charge is 2.35. The summed E-state index contributed by atoms with van der Waals surface area (Å²) in [7, 11) is 0. The Labute approximate surface area is 151 Å². The lowest BCUT2D eigenvalue weighted by Crippen LogP contribution is -2.41. The molecule has 2 aliphatic rings. The molecular weight excluding hydrogens is 330 g/mol. The van der Waals surface area contributed by atoms with Gasteiger partial charge in [-0.3, -0.25) is 4.79 Å². The summed E-state index contributed by atoms with van der Waals surface area (Å²) in [6.45, 7) is 1.35. The summed E-state index contributed by atoms with van der Waals surface area (Å²) in [6.07, 6.45) is 5.44. The summed E-state index contributed by atoms with van der Waals surface area (Å²) in [5.41, 5.74) is 1.11. The molecule has 7 heteroatoms. The van der Waals surface area contributed by atoms with E-state index in [-0.39, 0.29) is 23.6 Å². The Bertz CT molecular complexity index is 846. The fraction of sp³-hybridized carbons (Fsp3) is 0.368. The van der Waals surface area contributed by atoms with Crippen LogP contribution in [0.4, 0.5) is 6.01 Å². The zero-order valence-corrected chi connectivity index (χ0v) is 14.3. The molecule has 3 heterocycles. The molecule has 1 saturated heterocycles. The molecule has 26 heavy (non-hydrogen) atoms. The van der Waals surface area contributed by atoms with Gasteiger partial charge in [-0.15, -0.1) is 0 Å². The van der Waals surface area contributed by atoms with Gasteiger partial charge in [-0.25, -0.2) is 9.99 Å². The Kier molecular flexibility index (Phi) is 4.40. The predicted octanol–water partition coefficient (Wildman–Crippen LogP) is 2.72. The van der Waals surface area contributed by atoms with E-state index in [9.17, 15) is 4.79 Å². The molecule has 0 bridgehead atoms. The van der Waals surface area contributed by atoms with Crippen LogP contribution in [-0.2, 0) is 4.79 Å². The normalized spacial score (nSPS) is 20.3. The van der Waals surface area contributed by atoms with Crippen molar-refractivity contribution in [3.8, 4) is 6.07 Å². The largest absolute Gasteiger partial charge is 0.413 e. The molecule has 0 radical (unpaired) electrons. The van der Waals surface area contributed by atoms with Gasteiger partial charge >= 0.3 is 0 Å². The third kappa shape index (κ3) is 3.06. The zero-order chi connectivity index (χ0) is 17.9. The molecule has 132 valence electrons. The maximum Gasteiger partial charge on any atom is 0.298 e. The average molecular weight is 349 g/mol. The number of carbonyl (C=O) groups is 1. The van der Waals surface area contributed by atoms with Crippen molar-refractivity contribution >= 4 is 18.1 Å². The van der Waals surface area contributed by atoms with Crippen LogP contribution in [-0.4, -0.2) is 35.2 Å². The van der Waals surface area contributed by atoms with Gasteiger partial charge in [0.25, 0.3) is 6.01 Å². The minimum absolute atomic E-state index is 0.00773. The molecule has 1 unspecified atom stereocenters. The van der Waals surface area contributed by atoms with Crippen molar-refractivity contribution in [1.82, 2.24) is 9.99 Å². The van der Waals surface area contributed by atoms with Crippen LogP contribution in [0, 0.1) is 17.2 Å². The number of hydrogen-bond donors (Lipinski definition) is 0. The van der Waals surface area contributed by atoms with Crippen LogP contribution in [0.25, 0.3) is 0 Å². The highest BCUT2D eigenvalue weighted by molar-refractivity contribution is 5.82. The van der Waals surface area contributed by atoms with E-state index in [0.717, 1.165) is 24.8 Å². The summed E-state index contributed by atoms with van der Waals surface area (Å²) in [4.78, 5) is 19.1. The number of piperidine rings is 1. The lowest BCUT2D eigenvalue weighted by Gasteiger charge is -2.33. The number of amides is 1. The van der Waals surface area contributed by atoms with Crippen molar-refractivity contribution in [3.63, 3.8) is 0 Å². The monoisotopic (exact) mass is 349 g/mol. The van der Waals surface area contributed by atoms with Crippen LogP contribution < -0.4 is 4.90 Å². The standard InChI is InChI=1S/C19H19N5O2/c20-12-16-13-21-19(26-16)23-10-7-15(8-11-23)18(25)24-17(6-9-22-24)14-4-2-1-3-5-14/h1-5,9,13,15,17H,6-8,10-11H2. The first-order valence-electron chi connectivity index (χ1n) is 8.77. The lowest BCUT2D eigenvalue weighted by molar-refractivity contribution is -0.138. The van der Waals surface area contributed by atoms with Crippen molar-refractivity contribution in [1.29, 1.82) is 5.26 Å². The molecule has 2 aliphatic heterocycles. The second-order valence-corrected chi connectivity index (χ2v) is 6.52. The number of carbonyl (C=O) groups excluding carboxylic acids is 1. The zero-order valence-electron chi connectivity index (χ0n) is 14.3. The highest BCUT2D eigenvalue weighted by Crippen LogP contribution is 2.32. The Morgan fingerprint density at radius 1 is 1.23 bits per heavy atom. The number of benzene rings is 1. The number of hydrazone groups is 1. The van der Waals surface area contributed by atoms with Gasteiger partial charge in [0.15, 0.2) is 0 Å². The van der Waals surface area contributed by atoms with Gasteiger partial charge in [-0.1, -0.05) is 30.3 Å². The molecular formula is C19H19N5O2. The number of nitriles is 1. The third-order valence-corrected chi connectivity index (χ3v) is 4.96. The van der Waals surface area contributed by atoms with Crippen LogP contribution in [0.5, 0.6) is 0 Å². The van der Waals surface area contributed by atoms with E-state index in [2.05, 4.69) is 10.1 Å². The second kappa shape index (κ2) is 7.00. The van der Waals surface area contributed by atoms with Crippen molar-refractivity contribution in [3.05, 3.63) is 47.9 Å². The minimum Gasteiger partial charge on any atom is -0.413 e. The molecule has 0 spiro atoms. The number of hydrogen-bond acceptors (Lipinski definition) is 6. The molecule has 4 rings (SSSR count). The van der Waals surface area contributed by atoms with E-state index in [0.29, 0.717) is 19.1 Å². The molecule has 7 nitrogen and oxygen atoms in total. The Hall–Kier alpha value is -3.14. The van der Waals surface area contributed by atoms with Crippen LogP contribution in [0.15, 0.2) is 46.0 Å². The third-order valence-electron chi connectivity index (χ3n) is 4.96. The quantitative estimate of drug-likeness (QED) is 0.850. The number of nitrogens with zero attached hydrogens (tertiary/aromatic N) is 5. The summed E-state index contributed by atoms with van der Waals surface area (Å²) in [6, 6.07) is 12.4. The van der Waals surface area contributed by atoms with Crippen molar-refractivity contribution in [2.45, 2.75) is 25.3 Å². The molecule has 1 amide bonds. The lowest BCUT2D eigenvalue weighted by atomic mass is 9.94. The van der Waals surface area contributed by atoms with Gasteiger partial charge in [-0.2, -0.15) is 10.4 Å². The average Bonchev–Trinajstić information content (AvgIpc) is 3.38. The van der Waals surface area contributed by atoms with E-state index in [1.807, 2.05) is 47.5 Å². The Morgan fingerprint density at radius 2 is 2.00 bits per heavy atom. The summed E-state index contributed by atoms with van der Waals surface area (Å²) >= 11 is 0. The highest BCUT2D eigenvalue weighted by atomic mass is 16.4. The number of rotatable bonds is 3. The molecule has 1 atom stereocenters. The molecule has 2 aromatic rings. The summed E-state index contributed by atoms with van der Waals surface area (Å²) < 4.78 is 5.38. The van der Waals surface area contributed by atoms with Crippen LogP contribution in [0.3, 0.4) is 0 Å². The van der Waals surface area contributed by atoms with Crippen LogP contribution in [0.1, 0.15) is 36.6 Å². The first-order valence-corrected chi connectivity index (χ1v) is 8.77. The first kappa shape index (κ1) is 16.3. The van der Waals surface area contributed by atoms with Crippen LogP contribution >= 0.6 is 0 Å². The molecule has 1 aromatic carbocycles. The van der Waals surface area contributed by atoms with Gasteiger partial charge in [0.05, 0.1) is 12.2 Å². The maximum atomic E-state index is 13.0. The summed E-state index contributed by atoms with van der Waals surface area (Å²) in [5.74, 6) is 0.228. The van der Waals surface area contributed by atoms with Gasteiger partial charge < -0.3 is 9.32 Å². The molecule has 0 aliphatic carbocycles. The Balaban J connectivity index is 1.40. The molecule has 0 N–H and O–H groups in total. The molecule has 1 fully saturated rings. The van der Waals surface area contributed by atoms with E-state index in [4.69, 9.17) is 9.68 Å². The number of aromatic nitrogens is 1. The second-order valence-electron chi connectivity index (χ2n) is 6.52. The fourth-order valence-electron chi connectivity index (χ4n) is 3.55. The minimum atomic E-state index is -0.0573. The fourth-order valence-corrected chi connectivity index (χ4v) is 3.55. The van der Waals surface area contributed by atoms with Crippen molar-refractivity contribution < 1.29 is 9.21 Å². The maximum absolute atomic E-state index is 13.0. The van der Waals surface area contributed by atoms with E-state index in [1.54, 1.807) is 5.01 Å². The van der Waals surface area contributed by atoms with Crippen molar-refractivity contribution in [2.75, 3.05) is 18.0 Å². The SMILES string of the molecule is N#Cc1cnc(N2CCC(C(=O)N3N=CCC3c3ccccc3)CC2)o1. The van der Waals surface area contributed by atoms with E-state index >= 15 is 0 Å². The van der Waals surface area contributed by atoms with Gasteiger partial charge in [0.1, 0.15) is 6.07 Å². The molecule has 1 aromatic heterocycles. The predicted molar refractivity (Wildman–Crippen MR) is 95.3 cm³/mol. The number of anilines is 1. The first-order chi connectivity index (χ1) is 12.8. The van der Waals surface area contributed by atoms with Gasteiger partial charge in [0.2, 0.25) is 11.7 Å². The van der Waals surface area contributed by atoms with Gasteiger partial charge in [0, 0.05) is 31.6 Å². The van der Waals surface area contributed by atoms with Gasteiger partial charge in [-0.05, 0) is 18.4 Å². The topological polar surface area (TPSA) is 85.7 Å². The van der Waals surface area contributed by atoms with Crippen molar-refractivity contribution in [2.24, 2.45) is 11.0 Å². The smallest absolute Gasteiger partial charge is 0.298 e. The Morgan fingerprint density at radius 3 is 2.69 bits per heavy atom. The number of oxazole rings is 1. The van der Waals surface area contributed by atoms with E-state index < -0.39 is 0 Å².